The smallest absolute Gasteiger partial charge is 0.348 e. The van der Waals surface area contributed by atoms with Gasteiger partial charge in [0.15, 0.2) is 0 Å². The van der Waals surface area contributed by atoms with E-state index in [1.807, 2.05) is 20.8 Å². The number of carboxylic acids is 1. The maximum Gasteiger partial charge on any atom is 0.348 e. The van der Waals surface area contributed by atoms with Crippen LogP contribution >= 0.6 is 11.3 Å². The second kappa shape index (κ2) is 10.8. The second-order valence-electron chi connectivity index (χ2n) is 10.0. The number of nitrogens with zero attached hydrogens (tertiary/aromatic N) is 2. The predicted molar refractivity (Wildman–Crippen MR) is 128 cm³/mol. The standard InChI is InChI=1S/C25H36N2O4S/c1-18-5-7-19(8-6-18)23(28)27(12-11-26-13-15-31-16-14-26)21-17-20(9-10-25(2,3)4)32-22(21)24(29)30/h17-19H,5-8,11-16H2,1-4H3,(H,29,30). The van der Waals surface area contributed by atoms with Crippen LogP contribution in [0, 0.1) is 29.1 Å². The van der Waals surface area contributed by atoms with Crippen molar-refractivity contribution in [2.75, 3.05) is 44.3 Å². The molecule has 1 aromatic heterocycles. The van der Waals surface area contributed by atoms with Gasteiger partial charge < -0.3 is 14.7 Å². The van der Waals surface area contributed by atoms with Gasteiger partial charge in [0.1, 0.15) is 4.88 Å². The van der Waals surface area contributed by atoms with Crippen molar-refractivity contribution in [3.05, 3.63) is 15.8 Å². The molecule has 0 spiro atoms. The number of hydrogen-bond donors (Lipinski definition) is 1. The molecule has 7 heteroatoms. The summed E-state index contributed by atoms with van der Waals surface area (Å²) in [6.45, 7) is 12.5. The quantitative estimate of drug-likeness (QED) is 0.640. The maximum absolute atomic E-state index is 13.6. The van der Waals surface area contributed by atoms with Gasteiger partial charge in [-0.25, -0.2) is 4.79 Å². The van der Waals surface area contributed by atoms with Gasteiger partial charge in [-0.1, -0.05) is 18.8 Å². The van der Waals surface area contributed by atoms with Gasteiger partial charge in [0.25, 0.3) is 0 Å². The Morgan fingerprint density at radius 2 is 1.88 bits per heavy atom. The average Bonchev–Trinajstić information content (AvgIpc) is 3.17. The van der Waals surface area contributed by atoms with E-state index in [1.165, 1.54) is 0 Å². The number of aromatic carboxylic acids is 1. The first-order chi connectivity index (χ1) is 15.1. The summed E-state index contributed by atoms with van der Waals surface area (Å²) in [7, 11) is 0. The number of carbonyl (C=O) groups excluding carboxylic acids is 1. The highest BCUT2D eigenvalue weighted by Gasteiger charge is 2.32. The van der Waals surface area contributed by atoms with E-state index < -0.39 is 5.97 Å². The molecule has 3 rings (SSSR count). The fourth-order valence-electron chi connectivity index (χ4n) is 4.19. The molecule has 1 aromatic rings. The van der Waals surface area contributed by atoms with Crippen LogP contribution in [-0.4, -0.2) is 61.3 Å². The molecular weight excluding hydrogens is 424 g/mol. The highest BCUT2D eigenvalue weighted by Crippen LogP contribution is 2.35. The minimum absolute atomic E-state index is 0.0402. The first-order valence-corrected chi connectivity index (χ1v) is 12.5. The Balaban J connectivity index is 1.89. The highest BCUT2D eigenvalue weighted by molar-refractivity contribution is 7.15. The van der Waals surface area contributed by atoms with Crippen molar-refractivity contribution >= 4 is 28.9 Å². The molecular formula is C25H36N2O4S. The average molecular weight is 461 g/mol. The van der Waals surface area contributed by atoms with Crippen molar-refractivity contribution in [3.8, 4) is 11.8 Å². The lowest BCUT2D eigenvalue weighted by Crippen LogP contribution is -2.45. The molecule has 1 aliphatic carbocycles. The predicted octanol–water partition coefficient (Wildman–Crippen LogP) is 4.34. The number of hydrogen-bond acceptors (Lipinski definition) is 5. The molecule has 0 unspecified atom stereocenters. The summed E-state index contributed by atoms with van der Waals surface area (Å²) < 4.78 is 5.44. The zero-order chi connectivity index (χ0) is 23.3. The van der Waals surface area contributed by atoms with E-state index in [4.69, 9.17) is 4.74 Å². The number of anilines is 1. The fraction of sp³-hybridized carbons (Fsp3) is 0.680. The maximum atomic E-state index is 13.6. The van der Waals surface area contributed by atoms with Crippen LogP contribution in [0.4, 0.5) is 5.69 Å². The Kier molecular flexibility index (Phi) is 8.37. The van der Waals surface area contributed by atoms with E-state index in [0.29, 0.717) is 42.8 Å². The van der Waals surface area contributed by atoms with Gasteiger partial charge in [-0.15, -0.1) is 11.3 Å². The number of ether oxygens (including phenoxy) is 1. The molecule has 0 atom stereocenters. The number of thiophene rings is 1. The van der Waals surface area contributed by atoms with E-state index in [0.717, 1.165) is 50.1 Å². The zero-order valence-electron chi connectivity index (χ0n) is 19.8. The molecule has 1 aliphatic heterocycles. The van der Waals surface area contributed by atoms with E-state index in [2.05, 4.69) is 23.7 Å². The second-order valence-corrected chi connectivity index (χ2v) is 11.1. The third kappa shape index (κ3) is 6.81. The Morgan fingerprint density at radius 3 is 2.47 bits per heavy atom. The number of amides is 1. The molecule has 1 N–H and O–H groups in total. The molecule has 2 fully saturated rings. The van der Waals surface area contributed by atoms with Crippen molar-refractivity contribution in [2.45, 2.75) is 53.4 Å². The summed E-state index contributed by atoms with van der Waals surface area (Å²) >= 11 is 1.16. The fourth-order valence-corrected chi connectivity index (χ4v) is 5.04. The van der Waals surface area contributed by atoms with Crippen molar-refractivity contribution in [2.24, 2.45) is 17.3 Å². The Bertz CT molecular complexity index is 863. The van der Waals surface area contributed by atoms with E-state index in [1.54, 1.807) is 11.0 Å². The SMILES string of the molecule is CC1CCC(C(=O)N(CCN2CCOCC2)c2cc(C#CC(C)(C)C)sc2C(=O)O)CC1. The largest absolute Gasteiger partial charge is 0.477 e. The van der Waals surface area contributed by atoms with Crippen molar-refractivity contribution in [1.29, 1.82) is 0 Å². The number of carboxylic acid groups (broad SMARTS) is 1. The first-order valence-electron chi connectivity index (χ1n) is 11.7. The Labute approximate surface area is 195 Å². The lowest BCUT2D eigenvalue weighted by molar-refractivity contribution is -0.123. The van der Waals surface area contributed by atoms with Gasteiger partial charge >= 0.3 is 5.97 Å². The molecule has 1 saturated carbocycles. The van der Waals surface area contributed by atoms with Gasteiger partial charge in [0, 0.05) is 37.5 Å². The summed E-state index contributed by atoms with van der Waals surface area (Å²) in [6, 6.07) is 1.80. The topological polar surface area (TPSA) is 70.1 Å². The minimum Gasteiger partial charge on any atom is -0.477 e. The van der Waals surface area contributed by atoms with Gasteiger partial charge in [-0.2, -0.15) is 0 Å². The van der Waals surface area contributed by atoms with Crippen molar-refractivity contribution in [3.63, 3.8) is 0 Å². The van der Waals surface area contributed by atoms with Crippen molar-refractivity contribution < 1.29 is 19.4 Å². The van der Waals surface area contributed by atoms with E-state index in [-0.39, 0.29) is 22.1 Å². The van der Waals surface area contributed by atoms with Crippen LogP contribution in [0.15, 0.2) is 6.07 Å². The van der Waals surface area contributed by atoms with Crippen LogP contribution in [0.2, 0.25) is 0 Å². The molecule has 176 valence electrons. The third-order valence-electron chi connectivity index (χ3n) is 6.13. The minimum atomic E-state index is -1.00. The van der Waals surface area contributed by atoms with Crippen molar-refractivity contribution in [1.82, 2.24) is 4.90 Å². The van der Waals surface area contributed by atoms with Crippen LogP contribution < -0.4 is 4.90 Å². The molecule has 1 saturated heterocycles. The van der Waals surface area contributed by atoms with Crippen LogP contribution in [-0.2, 0) is 9.53 Å². The number of morpholine rings is 1. The van der Waals surface area contributed by atoms with Gasteiger partial charge in [0.05, 0.1) is 23.8 Å². The van der Waals surface area contributed by atoms with E-state index in [9.17, 15) is 14.7 Å². The summed E-state index contributed by atoms with van der Waals surface area (Å²) in [5.74, 6) is 5.97. The molecule has 32 heavy (non-hydrogen) atoms. The third-order valence-corrected chi connectivity index (χ3v) is 7.16. The highest BCUT2D eigenvalue weighted by atomic mass is 32.1. The monoisotopic (exact) mass is 460 g/mol. The first kappa shape index (κ1) is 24.8. The lowest BCUT2D eigenvalue weighted by Gasteiger charge is -2.33. The van der Waals surface area contributed by atoms with Gasteiger partial charge in [-0.3, -0.25) is 9.69 Å². The summed E-state index contributed by atoms with van der Waals surface area (Å²) in [4.78, 5) is 30.6. The van der Waals surface area contributed by atoms with Crippen LogP contribution in [0.5, 0.6) is 0 Å². The zero-order valence-corrected chi connectivity index (χ0v) is 20.6. The lowest BCUT2D eigenvalue weighted by atomic mass is 9.82. The number of carbonyl (C=O) groups is 2. The molecule has 2 heterocycles. The van der Waals surface area contributed by atoms with Gasteiger partial charge in [-0.05, 0) is 58.4 Å². The Morgan fingerprint density at radius 1 is 1.22 bits per heavy atom. The molecule has 2 aliphatic rings. The summed E-state index contributed by atoms with van der Waals surface area (Å²) in [5, 5.41) is 9.90. The Hall–Kier alpha value is -1.88. The van der Waals surface area contributed by atoms with Crippen LogP contribution in [0.1, 0.15) is 67.9 Å². The molecule has 6 nitrogen and oxygen atoms in total. The van der Waals surface area contributed by atoms with Crippen LogP contribution in [0.25, 0.3) is 0 Å². The molecule has 0 radical (unpaired) electrons. The molecule has 1 amide bonds. The summed E-state index contributed by atoms with van der Waals surface area (Å²) in [5.41, 5.74) is 0.315. The summed E-state index contributed by atoms with van der Waals surface area (Å²) in [6.07, 6.45) is 3.84. The van der Waals surface area contributed by atoms with Crippen LogP contribution in [0.3, 0.4) is 0 Å². The van der Waals surface area contributed by atoms with E-state index >= 15 is 0 Å². The molecule has 0 aromatic carbocycles. The number of rotatable bonds is 6. The molecule has 0 bridgehead atoms. The van der Waals surface area contributed by atoms with Gasteiger partial charge in [0.2, 0.25) is 5.91 Å². The normalized spacial score (nSPS) is 22.1.